The number of rotatable bonds is 7. The second-order valence-corrected chi connectivity index (χ2v) is 7.60. The number of benzene rings is 2. The monoisotopic (exact) mass is 435 g/mol. The Kier molecular flexibility index (Phi) is 8.50. The summed E-state index contributed by atoms with van der Waals surface area (Å²) in [7, 11) is 0. The third-order valence-corrected chi connectivity index (χ3v) is 5.61. The van der Waals surface area contributed by atoms with Gasteiger partial charge < -0.3 is 15.5 Å². The van der Waals surface area contributed by atoms with Crippen molar-refractivity contribution in [1.29, 1.82) is 0 Å². The van der Waals surface area contributed by atoms with E-state index in [0.717, 1.165) is 18.7 Å². The molecule has 1 saturated heterocycles. The molecule has 0 aromatic heterocycles. The van der Waals surface area contributed by atoms with Gasteiger partial charge in [0.15, 0.2) is 0 Å². The number of halogens is 2. The van der Waals surface area contributed by atoms with Crippen molar-refractivity contribution in [2.75, 3.05) is 25.0 Å². The molecule has 1 heterocycles. The van der Waals surface area contributed by atoms with Gasteiger partial charge >= 0.3 is 0 Å². The van der Waals surface area contributed by atoms with Gasteiger partial charge in [0.25, 0.3) is 5.91 Å². The maximum Gasteiger partial charge on any atom is 0.255 e. The number of hydrogen-bond acceptors (Lipinski definition) is 3. The van der Waals surface area contributed by atoms with E-state index in [2.05, 4.69) is 10.6 Å². The van der Waals surface area contributed by atoms with E-state index in [4.69, 9.17) is 11.6 Å². The first-order chi connectivity index (χ1) is 13.5. The molecule has 0 spiro atoms. The minimum Gasteiger partial charge on any atom is -0.335 e. The average molecular weight is 436 g/mol. The number of hydrogen-bond donors (Lipinski definition) is 2. The molecule has 1 fully saturated rings. The van der Waals surface area contributed by atoms with Gasteiger partial charge in [0.1, 0.15) is 0 Å². The Morgan fingerprint density at radius 1 is 1.21 bits per heavy atom. The van der Waals surface area contributed by atoms with Gasteiger partial charge in [-0.1, -0.05) is 48.9 Å². The van der Waals surface area contributed by atoms with Crippen molar-refractivity contribution in [3.63, 3.8) is 0 Å². The lowest BCUT2D eigenvalue weighted by Gasteiger charge is -2.31. The van der Waals surface area contributed by atoms with Crippen LogP contribution in [0.25, 0.3) is 0 Å². The highest BCUT2D eigenvalue weighted by Crippen LogP contribution is 2.24. The quantitative estimate of drug-likeness (QED) is 0.684. The van der Waals surface area contributed by atoms with Crippen LogP contribution in [-0.2, 0) is 11.3 Å². The molecular formula is C22H27Cl2N3O2. The summed E-state index contributed by atoms with van der Waals surface area (Å²) < 4.78 is 0. The van der Waals surface area contributed by atoms with Crippen molar-refractivity contribution in [3.05, 3.63) is 64.7 Å². The van der Waals surface area contributed by atoms with E-state index in [1.165, 1.54) is 0 Å². The van der Waals surface area contributed by atoms with Crippen LogP contribution in [0.4, 0.5) is 5.69 Å². The van der Waals surface area contributed by atoms with E-state index < -0.39 is 0 Å². The van der Waals surface area contributed by atoms with Gasteiger partial charge in [-0.2, -0.15) is 0 Å². The van der Waals surface area contributed by atoms with Gasteiger partial charge in [-0.15, -0.1) is 12.4 Å². The number of nitrogens with one attached hydrogen (secondary N) is 2. The Bertz CT molecular complexity index is 841. The van der Waals surface area contributed by atoms with Gasteiger partial charge in [0, 0.05) is 24.7 Å². The SMILES string of the molecule is CCN(Cc1ccccc1)C(=O)c1cc(NC(=O)C(C)C2CNC2)ccc1Cl.Cl. The van der Waals surface area contributed by atoms with Crippen molar-refractivity contribution in [3.8, 4) is 0 Å². The van der Waals surface area contributed by atoms with Crippen molar-refractivity contribution in [2.24, 2.45) is 11.8 Å². The molecule has 0 aliphatic carbocycles. The van der Waals surface area contributed by atoms with Crippen LogP contribution in [0.15, 0.2) is 48.5 Å². The number of anilines is 1. The van der Waals surface area contributed by atoms with Gasteiger partial charge in [-0.25, -0.2) is 0 Å². The standard InChI is InChI=1S/C22H26ClN3O2.ClH/c1-3-26(14-16-7-5-4-6-8-16)22(28)19-11-18(9-10-20(19)23)25-21(27)15(2)17-12-24-13-17;/h4-11,15,17,24H,3,12-14H2,1-2H3,(H,25,27);1H. The van der Waals surface area contributed by atoms with E-state index in [1.807, 2.05) is 44.2 Å². The molecule has 0 bridgehead atoms. The normalized spacial score (nSPS) is 14.3. The predicted molar refractivity (Wildman–Crippen MR) is 120 cm³/mol. The second kappa shape index (κ2) is 10.6. The topological polar surface area (TPSA) is 61.4 Å². The third kappa shape index (κ3) is 5.72. The first kappa shape index (κ1) is 23.2. The van der Waals surface area contributed by atoms with Gasteiger partial charge in [-0.05, 0) is 49.7 Å². The van der Waals surface area contributed by atoms with Crippen LogP contribution in [0.5, 0.6) is 0 Å². The van der Waals surface area contributed by atoms with Crippen LogP contribution in [-0.4, -0.2) is 36.3 Å². The molecule has 5 nitrogen and oxygen atoms in total. The molecule has 2 N–H and O–H groups in total. The maximum atomic E-state index is 13.1. The summed E-state index contributed by atoms with van der Waals surface area (Å²) in [6.07, 6.45) is 0. The number of carbonyl (C=O) groups is 2. The van der Waals surface area contributed by atoms with Crippen molar-refractivity contribution >= 4 is 41.5 Å². The predicted octanol–water partition coefficient (Wildman–Crippen LogP) is 4.22. The number of carbonyl (C=O) groups excluding carboxylic acids is 2. The zero-order valence-corrected chi connectivity index (χ0v) is 18.2. The number of amides is 2. The Hall–Kier alpha value is -2.08. The maximum absolute atomic E-state index is 13.1. The van der Waals surface area contributed by atoms with Gasteiger partial charge in [0.2, 0.25) is 5.91 Å². The molecule has 1 aliphatic heterocycles. The summed E-state index contributed by atoms with van der Waals surface area (Å²) in [4.78, 5) is 27.3. The molecule has 1 unspecified atom stereocenters. The summed E-state index contributed by atoms with van der Waals surface area (Å²) in [5, 5.41) is 6.49. The van der Waals surface area contributed by atoms with Crippen molar-refractivity contribution in [2.45, 2.75) is 20.4 Å². The van der Waals surface area contributed by atoms with E-state index in [0.29, 0.717) is 35.3 Å². The largest absolute Gasteiger partial charge is 0.335 e. The Balaban J connectivity index is 0.00000300. The summed E-state index contributed by atoms with van der Waals surface area (Å²) in [6.45, 7) is 6.67. The molecule has 1 aliphatic rings. The fraction of sp³-hybridized carbons (Fsp3) is 0.364. The van der Waals surface area contributed by atoms with Crippen LogP contribution in [0.2, 0.25) is 5.02 Å². The van der Waals surface area contributed by atoms with Crippen LogP contribution < -0.4 is 10.6 Å². The Morgan fingerprint density at radius 3 is 2.48 bits per heavy atom. The molecule has 29 heavy (non-hydrogen) atoms. The molecule has 0 radical (unpaired) electrons. The smallest absolute Gasteiger partial charge is 0.255 e. The minimum atomic E-state index is -0.149. The Morgan fingerprint density at radius 2 is 1.90 bits per heavy atom. The van der Waals surface area contributed by atoms with Crippen molar-refractivity contribution in [1.82, 2.24) is 10.2 Å². The zero-order valence-electron chi connectivity index (χ0n) is 16.7. The fourth-order valence-corrected chi connectivity index (χ4v) is 3.40. The zero-order chi connectivity index (χ0) is 20.1. The van der Waals surface area contributed by atoms with Crippen LogP contribution >= 0.6 is 24.0 Å². The summed E-state index contributed by atoms with van der Waals surface area (Å²) in [5.74, 6) is 0.0868. The second-order valence-electron chi connectivity index (χ2n) is 7.20. The molecule has 2 aromatic carbocycles. The third-order valence-electron chi connectivity index (χ3n) is 5.28. The summed E-state index contributed by atoms with van der Waals surface area (Å²) >= 11 is 6.31. The summed E-state index contributed by atoms with van der Waals surface area (Å²) in [6, 6.07) is 14.9. The molecule has 0 saturated carbocycles. The first-order valence-corrected chi connectivity index (χ1v) is 10.0. The molecule has 7 heteroatoms. The molecule has 156 valence electrons. The van der Waals surface area contributed by atoms with E-state index in [-0.39, 0.29) is 30.1 Å². The molecule has 2 amide bonds. The lowest BCUT2D eigenvalue weighted by Crippen LogP contribution is -2.48. The average Bonchev–Trinajstić information content (AvgIpc) is 2.66. The highest BCUT2D eigenvalue weighted by atomic mass is 35.5. The van der Waals surface area contributed by atoms with Crippen LogP contribution in [0.3, 0.4) is 0 Å². The lowest BCUT2D eigenvalue weighted by molar-refractivity contribution is -0.121. The highest BCUT2D eigenvalue weighted by Gasteiger charge is 2.29. The molecule has 1 atom stereocenters. The first-order valence-electron chi connectivity index (χ1n) is 9.64. The molecule has 3 rings (SSSR count). The summed E-state index contributed by atoms with van der Waals surface area (Å²) in [5.41, 5.74) is 2.05. The molecular weight excluding hydrogens is 409 g/mol. The highest BCUT2D eigenvalue weighted by molar-refractivity contribution is 6.34. The number of nitrogens with zero attached hydrogens (tertiary/aromatic N) is 1. The van der Waals surface area contributed by atoms with Gasteiger partial charge in [0.05, 0.1) is 10.6 Å². The van der Waals surface area contributed by atoms with E-state index in [1.54, 1.807) is 23.1 Å². The van der Waals surface area contributed by atoms with Gasteiger partial charge in [-0.3, -0.25) is 9.59 Å². The fourth-order valence-electron chi connectivity index (χ4n) is 3.20. The lowest BCUT2D eigenvalue weighted by atomic mass is 9.88. The van der Waals surface area contributed by atoms with E-state index >= 15 is 0 Å². The van der Waals surface area contributed by atoms with Crippen LogP contribution in [0.1, 0.15) is 29.8 Å². The van der Waals surface area contributed by atoms with Crippen LogP contribution in [0, 0.1) is 11.8 Å². The Labute approximate surface area is 183 Å². The molecule has 2 aromatic rings. The van der Waals surface area contributed by atoms with E-state index in [9.17, 15) is 9.59 Å². The van der Waals surface area contributed by atoms with Crippen molar-refractivity contribution < 1.29 is 9.59 Å². The minimum absolute atomic E-state index is 0.